The van der Waals surface area contributed by atoms with Crippen LogP contribution in [0.2, 0.25) is 0 Å². The largest absolute Gasteiger partial charge is 0.492 e. The monoisotopic (exact) mass is 520 g/mol. The van der Waals surface area contributed by atoms with Crippen molar-refractivity contribution in [3.63, 3.8) is 0 Å². The maximum absolute atomic E-state index is 13.2. The van der Waals surface area contributed by atoms with Gasteiger partial charge in [-0.15, -0.1) is 0 Å². The van der Waals surface area contributed by atoms with Crippen molar-refractivity contribution in [3.05, 3.63) is 56.2 Å². The number of amides is 4. The van der Waals surface area contributed by atoms with E-state index in [2.05, 4.69) is 27.9 Å². The van der Waals surface area contributed by atoms with Gasteiger partial charge in [0.15, 0.2) is 11.5 Å². The molecule has 8 heteroatoms. The van der Waals surface area contributed by atoms with Crippen LogP contribution in [0.5, 0.6) is 11.5 Å². The van der Waals surface area contributed by atoms with Gasteiger partial charge in [-0.1, -0.05) is 12.1 Å². The molecule has 2 aromatic rings. The quantitative estimate of drug-likeness (QED) is 0.367. The number of rotatable bonds is 5. The first-order chi connectivity index (χ1) is 14.3. The fourth-order valence-electron chi connectivity index (χ4n) is 3.14. The summed E-state index contributed by atoms with van der Waals surface area (Å²) in [4.78, 5) is 39.1. The van der Waals surface area contributed by atoms with E-state index in [-0.39, 0.29) is 5.57 Å². The molecule has 4 amide bonds. The first kappa shape index (κ1) is 21.8. The van der Waals surface area contributed by atoms with Crippen LogP contribution in [0.3, 0.4) is 0 Å². The van der Waals surface area contributed by atoms with Crippen molar-refractivity contribution in [2.75, 3.05) is 18.6 Å². The maximum atomic E-state index is 13.2. The van der Waals surface area contributed by atoms with Gasteiger partial charge >= 0.3 is 6.03 Å². The van der Waals surface area contributed by atoms with Gasteiger partial charge in [-0.2, -0.15) is 0 Å². The first-order valence-corrected chi connectivity index (χ1v) is 10.3. The molecular weight excluding hydrogens is 499 g/mol. The highest BCUT2D eigenvalue weighted by Crippen LogP contribution is 2.35. The predicted molar refractivity (Wildman–Crippen MR) is 122 cm³/mol. The van der Waals surface area contributed by atoms with Gasteiger partial charge < -0.3 is 9.47 Å². The lowest BCUT2D eigenvalue weighted by atomic mass is 10.0. The molecule has 0 aliphatic carbocycles. The molecule has 1 heterocycles. The van der Waals surface area contributed by atoms with E-state index >= 15 is 0 Å². The number of carbonyl (C=O) groups is 3. The number of methoxy groups -OCH3 is 1. The molecule has 7 nitrogen and oxygen atoms in total. The molecule has 1 aliphatic heterocycles. The number of nitrogens with zero attached hydrogens (tertiary/aromatic N) is 1. The minimum atomic E-state index is -0.768. The molecule has 0 bridgehead atoms. The highest BCUT2D eigenvalue weighted by atomic mass is 127. The highest BCUT2D eigenvalue weighted by Gasteiger charge is 2.37. The summed E-state index contributed by atoms with van der Waals surface area (Å²) >= 11 is 2.10. The van der Waals surface area contributed by atoms with E-state index in [1.165, 1.54) is 6.08 Å². The molecule has 0 aromatic heterocycles. The second-order valence-electron chi connectivity index (χ2n) is 6.71. The molecule has 0 atom stereocenters. The summed E-state index contributed by atoms with van der Waals surface area (Å²) in [5, 5.41) is 2.25. The highest BCUT2D eigenvalue weighted by molar-refractivity contribution is 14.1. The minimum absolute atomic E-state index is 0.140. The van der Waals surface area contributed by atoms with Crippen LogP contribution in [0.15, 0.2) is 35.9 Å². The minimum Gasteiger partial charge on any atom is -0.492 e. The molecule has 0 spiro atoms. The van der Waals surface area contributed by atoms with Crippen LogP contribution < -0.4 is 19.7 Å². The van der Waals surface area contributed by atoms with Gasteiger partial charge in [0.25, 0.3) is 11.8 Å². The predicted octanol–water partition coefficient (Wildman–Crippen LogP) is 3.98. The molecule has 2 aromatic carbocycles. The molecule has 0 saturated carbocycles. The summed E-state index contributed by atoms with van der Waals surface area (Å²) in [6, 6.07) is 8.15. The lowest BCUT2D eigenvalue weighted by molar-refractivity contribution is -0.122. The van der Waals surface area contributed by atoms with Crippen molar-refractivity contribution < 1.29 is 23.9 Å². The fraction of sp³-hybridized carbons (Fsp3) is 0.227. The number of ether oxygens (including phenoxy) is 2. The van der Waals surface area contributed by atoms with Crippen molar-refractivity contribution in [2.24, 2.45) is 0 Å². The van der Waals surface area contributed by atoms with E-state index in [0.717, 1.165) is 19.6 Å². The smallest absolute Gasteiger partial charge is 0.335 e. The summed E-state index contributed by atoms with van der Waals surface area (Å²) in [5.74, 6) is -0.340. The molecule has 1 saturated heterocycles. The van der Waals surface area contributed by atoms with Crippen LogP contribution in [0.1, 0.15) is 23.6 Å². The number of benzene rings is 2. The Morgan fingerprint density at radius 2 is 1.87 bits per heavy atom. The second-order valence-corrected chi connectivity index (χ2v) is 7.88. The van der Waals surface area contributed by atoms with E-state index in [1.54, 1.807) is 32.2 Å². The number of hydrogen-bond donors (Lipinski definition) is 1. The summed E-state index contributed by atoms with van der Waals surface area (Å²) in [6.07, 6.45) is 1.45. The number of anilines is 1. The van der Waals surface area contributed by atoms with Crippen LogP contribution in [0.4, 0.5) is 10.5 Å². The van der Waals surface area contributed by atoms with E-state index in [0.29, 0.717) is 29.4 Å². The van der Waals surface area contributed by atoms with Gasteiger partial charge in [0.1, 0.15) is 5.57 Å². The Balaban J connectivity index is 2.08. The Morgan fingerprint density at radius 3 is 2.53 bits per heavy atom. The fourth-order valence-corrected chi connectivity index (χ4v) is 3.98. The number of nitrogens with one attached hydrogen (secondary N) is 1. The zero-order valence-electron chi connectivity index (χ0n) is 17.0. The Morgan fingerprint density at radius 1 is 1.13 bits per heavy atom. The van der Waals surface area contributed by atoms with Crippen molar-refractivity contribution in [1.82, 2.24) is 5.32 Å². The van der Waals surface area contributed by atoms with Crippen molar-refractivity contribution in [3.8, 4) is 11.5 Å². The number of halogens is 1. The average molecular weight is 520 g/mol. The van der Waals surface area contributed by atoms with Gasteiger partial charge in [0.05, 0.1) is 23.0 Å². The number of carbonyl (C=O) groups excluding carboxylic acids is 3. The Hall–Kier alpha value is -2.88. The molecular formula is C22H21IN2O5. The van der Waals surface area contributed by atoms with Crippen LogP contribution in [-0.2, 0) is 9.59 Å². The first-order valence-electron chi connectivity index (χ1n) is 9.25. The third-order valence-electron chi connectivity index (χ3n) is 4.55. The molecule has 30 heavy (non-hydrogen) atoms. The van der Waals surface area contributed by atoms with Crippen molar-refractivity contribution in [2.45, 2.75) is 20.8 Å². The molecule has 0 unspecified atom stereocenters. The van der Waals surface area contributed by atoms with Gasteiger partial charge in [0, 0.05) is 0 Å². The molecule has 1 aliphatic rings. The normalized spacial score (nSPS) is 15.4. The zero-order chi connectivity index (χ0) is 22.0. The van der Waals surface area contributed by atoms with E-state index in [4.69, 9.17) is 9.47 Å². The lowest BCUT2D eigenvalue weighted by Crippen LogP contribution is -2.54. The number of urea groups is 1. The third-order valence-corrected chi connectivity index (χ3v) is 5.36. The van der Waals surface area contributed by atoms with Crippen LogP contribution >= 0.6 is 22.6 Å². The topological polar surface area (TPSA) is 84.9 Å². The summed E-state index contributed by atoms with van der Waals surface area (Å²) < 4.78 is 11.8. The number of aryl methyl sites for hydroxylation is 2. The molecule has 156 valence electrons. The van der Waals surface area contributed by atoms with Gasteiger partial charge in [-0.25, -0.2) is 9.69 Å². The zero-order valence-corrected chi connectivity index (χ0v) is 19.2. The second kappa shape index (κ2) is 8.86. The molecule has 1 fully saturated rings. The van der Waals surface area contributed by atoms with Gasteiger partial charge in [0.2, 0.25) is 0 Å². The van der Waals surface area contributed by atoms with E-state index in [1.807, 2.05) is 26.0 Å². The average Bonchev–Trinajstić information content (AvgIpc) is 2.68. The van der Waals surface area contributed by atoms with E-state index in [9.17, 15) is 14.4 Å². The van der Waals surface area contributed by atoms with Gasteiger partial charge in [-0.05, 0) is 84.3 Å². The summed E-state index contributed by atoms with van der Waals surface area (Å²) in [7, 11) is 1.55. The van der Waals surface area contributed by atoms with Crippen molar-refractivity contribution in [1.29, 1.82) is 0 Å². The van der Waals surface area contributed by atoms with Crippen LogP contribution in [0.25, 0.3) is 6.08 Å². The maximum Gasteiger partial charge on any atom is 0.335 e. The Labute approximate surface area is 188 Å². The van der Waals surface area contributed by atoms with Crippen molar-refractivity contribution >= 4 is 52.2 Å². The molecule has 0 radical (unpaired) electrons. The number of hydrogen-bond acceptors (Lipinski definition) is 5. The Kier molecular flexibility index (Phi) is 6.45. The number of imide groups is 2. The summed E-state index contributed by atoms with van der Waals surface area (Å²) in [5.41, 5.74) is 2.52. The number of barbiturate groups is 1. The summed E-state index contributed by atoms with van der Waals surface area (Å²) in [6.45, 7) is 5.95. The lowest BCUT2D eigenvalue weighted by Gasteiger charge is -2.27. The molecule has 3 rings (SSSR count). The Bertz CT molecular complexity index is 1080. The standard InChI is InChI=1S/C22H21IN2O5/c1-5-30-18-11-14(10-16(23)19(18)29-4)9-15-20(26)24-22(28)25(21(15)27)17-8-12(2)6-7-13(17)3/h6-11H,5H2,1-4H3,(H,24,26,28)/b15-9+. The third kappa shape index (κ3) is 4.18. The SMILES string of the molecule is CCOc1cc(/C=C2\C(=O)NC(=O)N(c3cc(C)ccc3C)C2=O)cc(I)c1OC. The van der Waals surface area contributed by atoms with Crippen LogP contribution in [0, 0.1) is 17.4 Å². The van der Waals surface area contributed by atoms with Crippen LogP contribution in [-0.4, -0.2) is 31.6 Å². The van der Waals surface area contributed by atoms with E-state index < -0.39 is 17.8 Å². The van der Waals surface area contributed by atoms with Gasteiger partial charge in [-0.3, -0.25) is 14.9 Å². The molecule has 1 N–H and O–H groups in total.